The van der Waals surface area contributed by atoms with E-state index in [9.17, 15) is 4.79 Å². The van der Waals surface area contributed by atoms with Gasteiger partial charge in [-0.1, -0.05) is 42.5 Å². The lowest BCUT2D eigenvalue weighted by atomic mass is 10.2. The van der Waals surface area contributed by atoms with Crippen LogP contribution in [0.1, 0.15) is 15.9 Å². The van der Waals surface area contributed by atoms with Gasteiger partial charge in [-0.15, -0.1) is 0 Å². The lowest BCUT2D eigenvalue weighted by molar-refractivity contribution is 0.0650. The molecule has 4 nitrogen and oxygen atoms in total. The summed E-state index contributed by atoms with van der Waals surface area (Å²) in [6.45, 7) is 4.21. The molecule has 5 heteroatoms. The molecule has 0 unspecified atom stereocenters. The molecule has 1 fully saturated rings. The number of piperazine rings is 1. The predicted octanol–water partition coefficient (Wildman–Crippen LogP) is 3.32. The number of aromatic nitrogens is 1. The van der Waals surface area contributed by atoms with Crippen molar-refractivity contribution in [3.05, 3.63) is 70.5 Å². The van der Waals surface area contributed by atoms with Crippen LogP contribution in [0.4, 0.5) is 0 Å². The zero-order valence-electron chi connectivity index (χ0n) is 13.4. The number of nitrogens with zero attached hydrogens (tertiary/aromatic N) is 3. The molecule has 0 bridgehead atoms. The van der Waals surface area contributed by atoms with E-state index in [4.69, 9.17) is 0 Å². The van der Waals surface area contributed by atoms with Gasteiger partial charge in [0.25, 0.3) is 5.91 Å². The van der Waals surface area contributed by atoms with Crippen molar-refractivity contribution < 1.29 is 4.79 Å². The molecule has 3 rings (SSSR count). The summed E-state index contributed by atoms with van der Waals surface area (Å²) in [7, 11) is 0. The first-order valence-corrected chi connectivity index (χ1v) is 8.85. The number of hydrogen-bond donors (Lipinski definition) is 0. The summed E-state index contributed by atoms with van der Waals surface area (Å²) in [5, 5.41) is 0. The van der Waals surface area contributed by atoms with E-state index < -0.39 is 0 Å². The van der Waals surface area contributed by atoms with Crippen LogP contribution in [0.2, 0.25) is 0 Å². The highest BCUT2D eigenvalue weighted by Gasteiger charge is 2.21. The maximum atomic E-state index is 12.5. The minimum Gasteiger partial charge on any atom is -0.336 e. The molecule has 0 N–H and O–H groups in total. The molecule has 0 spiro atoms. The van der Waals surface area contributed by atoms with Gasteiger partial charge in [0, 0.05) is 49.6 Å². The Morgan fingerprint density at radius 2 is 1.88 bits per heavy atom. The fourth-order valence-corrected chi connectivity index (χ4v) is 3.11. The largest absolute Gasteiger partial charge is 0.336 e. The monoisotopic (exact) mass is 385 g/mol. The van der Waals surface area contributed by atoms with Crippen LogP contribution in [0, 0.1) is 0 Å². The van der Waals surface area contributed by atoms with Crippen molar-refractivity contribution in [3.8, 4) is 0 Å². The Bertz CT molecular complexity index is 710. The Labute approximate surface area is 150 Å². The summed E-state index contributed by atoms with van der Waals surface area (Å²) in [5.74, 6) is 0.0586. The molecule has 1 amide bonds. The third-order valence-corrected chi connectivity index (χ3v) is 4.52. The standard InChI is InChI=1S/C19H20BrN3O/c20-18-13-17(14-21-15-18)19(24)23-11-9-22(10-12-23)8-4-7-16-5-2-1-3-6-16/h1-7,13-15H,8-12H2. The molecular formula is C19H20BrN3O. The summed E-state index contributed by atoms with van der Waals surface area (Å²) in [6, 6.07) is 12.1. The van der Waals surface area contributed by atoms with Crippen molar-refractivity contribution in [2.75, 3.05) is 32.7 Å². The number of halogens is 1. The number of carbonyl (C=O) groups excluding carboxylic acids is 1. The second-order valence-corrected chi connectivity index (χ2v) is 6.71. The molecule has 1 aromatic carbocycles. The number of amides is 1. The molecule has 0 atom stereocenters. The molecule has 1 aliphatic rings. The lowest BCUT2D eigenvalue weighted by Crippen LogP contribution is -2.48. The van der Waals surface area contributed by atoms with Gasteiger partial charge in [0.2, 0.25) is 0 Å². The first-order chi connectivity index (χ1) is 11.7. The fraction of sp³-hybridized carbons (Fsp3) is 0.263. The third kappa shape index (κ3) is 4.52. The van der Waals surface area contributed by atoms with Crippen LogP contribution in [0.3, 0.4) is 0 Å². The van der Waals surface area contributed by atoms with Gasteiger partial charge in [-0.25, -0.2) is 0 Å². The van der Waals surface area contributed by atoms with Gasteiger partial charge in [-0.2, -0.15) is 0 Å². The van der Waals surface area contributed by atoms with E-state index in [0.717, 1.165) is 37.2 Å². The molecule has 0 aliphatic carbocycles. The van der Waals surface area contributed by atoms with Gasteiger partial charge in [0.15, 0.2) is 0 Å². The number of hydrogen-bond acceptors (Lipinski definition) is 3. The highest BCUT2D eigenvalue weighted by atomic mass is 79.9. The number of carbonyl (C=O) groups is 1. The summed E-state index contributed by atoms with van der Waals surface area (Å²) in [5.41, 5.74) is 1.86. The van der Waals surface area contributed by atoms with E-state index >= 15 is 0 Å². The minimum atomic E-state index is 0.0586. The maximum absolute atomic E-state index is 12.5. The maximum Gasteiger partial charge on any atom is 0.255 e. The van der Waals surface area contributed by atoms with Crippen molar-refractivity contribution in [2.45, 2.75) is 0 Å². The Balaban J connectivity index is 1.49. The molecule has 2 aromatic rings. The average Bonchev–Trinajstić information content (AvgIpc) is 2.63. The number of benzene rings is 1. The van der Waals surface area contributed by atoms with Crippen LogP contribution in [-0.4, -0.2) is 53.4 Å². The molecular weight excluding hydrogens is 366 g/mol. The predicted molar refractivity (Wildman–Crippen MR) is 99.8 cm³/mol. The van der Waals surface area contributed by atoms with E-state index in [1.807, 2.05) is 29.2 Å². The third-order valence-electron chi connectivity index (χ3n) is 4.08. The van der Waals surface area contributed by atoms with E-state index in [1.165, 1.54) is 5.56 Å². The summed E-state index contributed by atoms with van der Waals surface area (Å²) < 4.78 is 0.832. The van der Waals surface area contributed by atoms with Crippen LogP contribution in [0.15, 0.2) is 59.3 Å². The van der Waals surface area contributed by atoms with Crippen LogP contribution in [0.5, 0.6) is 0 Å². The van der Waals surface area contributed by atoms with Gasteiger partial charge in [0.1, 0.15) is 0 Å². The van der Waals surface area contributed by atoms with Crippen LogP contribution < -0.4 is 0 Å². The summed E-state index contributed by atoms with van der Waals surface area (Å²) in [4.78, 5) is 20.8. The molecule has 124 valence electrons. The van der Waals surface area contributed by atoms with Crippen molar-refractivity contribution in [2.24, 2.45) is 0 Å². The van der Waals surface area contributed by atoms with Crippen LogP contribution in [0.25, 0.3) is 6.08 Å². The normalized spacial score (nSPS) is 15.8. The molecule has 24 heavy (non-hydrogen) atoms. The smallest absolute Gasteiger partial charge is 0.255 e. The Hall–Kier alpha value is -1.98. The SMILES string of the molecule is O=C(c1cncc(Br)c1)N1CCN(CC=Cc2ccccc2)CC1. The van der Waals surface area contributed by atoms with Crippen molar-refractivity contribution in [1.29, 1.82) is 0 Å². The van der Waals surface area contributed by atoms with Crippen LogP contribution >= 0.6 is 15.9 Å². The first-order valence-electron chi connectivity index (χ1n) is 8.06. The average molecular weight is 386 g/mol. The fourth-order valence-electron chi connectivity index (χ4n) is 2.75. The Morgan fingerprint density at radius 1 is 1.12 bits per heavy atom. The number of rotatable bonds is 4. The number of pyridine rings is 1. The second-order valence-electron chi connectivity index (χ2n) is 5.80. The zero-order valence-corrected chi connectivity index (χ0v) is 15.0. The van der Waals surface area contributed by atoms with Crippen LogP contribution in [-0.2, 0) is 0 Å². The minimum absolute atomic E-state index is 0.0586. The Morgan fingerprint density at radius 3 is 2.58 bits per heavy atom. The van der Waals surface area contributed by atoms with Gasteiger partial charge in [0.05, 0.1) is 5.56 Å². The summed E-state index contributed by atoms with van der Waals surface area (Å²) in [6.07, 6.45) is 7.64. The highest BCUT2D eigenvalue weighted by molar-refractivity contribution is 9.10. The van der Waals surface area contributed by atoms with Gasteiger partial charge in [-0.3, -0.25) is 14.7 Å². The molecule has 2 heterocycles. The van der Waals surface area contributed by atoms with E-state index in [2.05, 4.69) is 50.1 Å². The van der Waals surface area contributed by atoms with Crippen molar-refractivity contribution in [1.82, 2.24) is 14.8 Å². The first kappa shape index (κ1) is 16.9. The topological polar surface area (TPSA) is 36.4 Å². The van der Waals surface area contributed by atoms with Crippen molar-refractivity contribution in [3.63, 3.8) is 0 Å². The second kappa shape index (κ2) is 8.22. The van der Waals surface area contributed by atoms with E-state index in [-0.39, 0.29) is 5.91 Å². The molecule has 0 saturated carbocycles. The molecule has 1 aliphatic heterocycles. The zero-order chi connectivity index (χ0) is 16.8. The molecule has 1 saturated heterocycles. The van der Waals surface area contributed by atoms with Gasteiger partial charge in [-0.05, 0) is 27.6 Å². The van der Waals surface area contributed by atoms with E-state index in [0.29, 0.717) is 5.56 Å². The molecule has 0 radical (unpaired) electrons. The highest BCUT2D eigenvalue weighted by Crippen LogP contribution is 2.13. The van der Waals surface area contributed by atoms with Crippen molar-refractivity contribution >= 4 is 27.9 Å². The summed E-state index contributed by atoms with van der Waals surface area (Å²) >= 11 is 3.36. The Kier molecular flexibility index (Phi) is 5.77. The lowest BCUT2D eigenvalue weighted by Gasteiger charge is -2.34. The molecule has 1 aromatic heterocycles. The van der Waals surface area contributed by atoms with E-state index in [1.54, 1.807) is 12.4 Å². The van der Waals surface area contributed by atoms with Gasteiger partial charge >= 0.3 is 0 Å². The quantitative estimate of drug-likeness (QED) is 0.809. The van der Waals surface area contributed by atoms with Gasteiger partial charge < -0.3 is 4.90 Å².